The van der Waals surface area contributed by atoms with Crippen molar-refractivity contribution >= 4 is 0 Å². The van der Waals surface area contributed by atoms with E-state index in [0.717, 1.165) is 25.5 Å². The van der Waals surface area contributed by atoms with E-state index in [2.05, 4.69) is 39.5 Å². The quantitative estimate of drug-likeness (QED) is 0.706. The average molecular weight is 210 g/mol. The van der Waals surface area contributed by atoms with E-state index in [1.54, 1.807) is 7.05 Å². The maximum Gasteiger partial charge on any atom is 0.188 e. The summed E-state index contributed by atoms with van der Waals surface area (Å²) in [4.78, 5) is 3.89. The van der Waals surface area contributed by atoms with Crippen molar-refractivity contribution in [2.24, 2.45) is 7.05 Å². The smallest absolute Gasteiger partial charge is 0.188 e. The van der Waals surface area contributed by atoms with Crippen LogP contribution in [-0.4, -0.2) is 50.3 Å². The fourth-order valence-corrected chi connectivity index (χ4v) is 1.89. The zero-order chi connectivity index (χ0) is 10.8. The lowest BCUT2D eigenvalue weighted by Crippen LogP contribution is -2.53. The van der Waals surface area contributed by atoms with Crippen LogP contribution in [0.25, 0.3) is 0 Å². The second-order valence-corrected chi connectivity index (χ2v) is 4.28. The summed E-state index contributed by atoms with van der Waals surface area (Å²) in [5.74, 6) is 0.804. The zero-order valence-corrected chi connectivity index (χ0v) is 9.51. The Hall–Kier alpha value is -1.01. The number of nitrogens with zero attached hydrogens (tertiary/aromatic N) is 5. The Bertz CT molecular complexity index is 322. The highest BCUT2D eigenvalue weighted by Gasteiger charge is 2.23. The minimum Gasteiger partial charge on any atom is -0.311 e. The van der Waals surface area contributed by atoms with Gasteiger partial charge < -0.3 is 5.32 Å². The molecule has 0 aliphatic carbocycles. The molecule has 2 atom stereocenters. The van der Waals surface area contributed by atoms with E-state index >= 15 is 0 Å². The molecule has 1 N–H and O–H groups in total. The van der Waals surface area contributed by atoms with Gasteiger partial charge in [-0.05, 0) is 19.1 Å². The Morgan fingerprint density at radius 1 is 1.47 bits per heavy atom. The van der Waals surface area contributed by atoms with E-state index in [1.807, 2.05) is 0 Å². The van der Waals surface area contributed by atoms with Crippen LogP contribution in [0.4, 0.5) is 0 Å². The molecular weight excluding hydrogens is 192 g/mol. The number of tetrazole rings is 1. The summed E-state index contributed by atoms with van der Waals surface area (Å²) in [5.41, 5.74) is 0. The van der Waals surface area contributed by atoms with Crippen molar-refractivity contribution < 1.29 is 0 Å². The molecule has 0 saturated carbocycles. The van der Waals surface area contributed by atoms with Gasteiger partial charge in [-0.15, -0.1) is 10.2 Å². The van der Waals surface area contributed by atoms with E-state index in [4.69, 9.17) is 0 Å². The minimum absolute atomic E-state index is 0.532. The number of piperazine rings is 1. The third-order valence-electron chi connectivity index (χ3n) is 2.79. The summed E-state index contributed by atoms with van der Waals surface area (Å²) in [7, 11) is 1.79. The molecule has 1 saturated heterocycles. The van der Waals surface area contributed by atoms with E-state index in [1.165, 1.54) is 4.80 Å². The lowest BCUT2D eigenvalue weighted by Gasteiger charge is -2.36. The van der Waals surface area contributed by atoms with Crippen molar-refractivity contribution in [1.82, 2.24) is 30.4 Å². The third kappa shape index (κ3) is 2.51. The van der Waals surface area contributed by atoms with Crippen molar-refractivity contribution in [2.75, 3.05) is 13.1 Å². The molecular formula is C9H18N6. The number of hydrogen-bond acceptors (Lipinski definition) is 5. The first kappa shape index (κ1) is 10.5. The molecule has 2 heterocycles. The van der Waals surface area contributed by atoms with Crippen LogP contribution in [0.3, 0.4) is 0 Å². The van der Waals surface area contributed by atoms with Gasteiger partial charge in [0.15, 0.2) is 5.82 Å². The van der Waals surface area contributed by atoms with Gasteiger partial charge in [-0.1, -0.05) is 0 Å². The number of rotatable bonds is 2. The predicted molar refractivity (Wildman–Crippen MR) is 56.1 cm³/mol. The summed E-state index contributed by atoms with van der Waals surface area (Å²) in [6.45, 7) is 7.28. The SMILES string of the molecule is CC1CN(Cc2nnn(C)n2)C(C)CN1. The van der Waals surface area contributed by atoms with Gasteiger partial charge in [0.05, 0.1) is 13.6 Å². The van der Waals surface area contributed by atoms with Crippen molar-refractivity contribution in [3.05, 3.63) is 5.82 Å². The predicted octanol–water partition coefficient (Wildman–Crippen LogP) is -0.608. The van der Waals surface area contributed by atoms with Crippen LogP contribution >= 0.6 is 0 Å². The van der Waals surface area contributed by atoms with E-state index in [-0.39, 0.29) is 0 Å². The lowest BCUT2D eigenvalue weighted by molar-refractivity contribution is 0.135. The van der Waals surface area contributed by atoms with Crippen LogP contribution < -0.4 is 5.32 Å². The molecule has 6 nitrogen and oxygen atoms in total. The van der Waals surface area contributed by atoms with Gasteiger partial charge in [0.25, 0.3) is 0 Å². The highest BCUT2D eigenvalue weighted by molar-refractivity contribution is 4.86. The highest BCUT2D eigenvalue weighted by Crippen LogP contribution is 2.09. The summed E-state index contributed by atoms with van der Waals surface area (Å²) >= 11 is 0. The van der Waals surface area contributed by atoms with E-state index in [9.17, 15) is 0 Å². The van der Waals surface area contributed by atoms with Crippen LogP contribution in [0.15, 0.2) is 0 Å². The molecule has 0 bridgehead atoms. The molecule has 0 spiro atoms. The molecule has 2 unspecified atom stereocenters. The van der Waals surface area contributed by atoms with Crippen molar-refractivity contribution in [3.8, 4) is 0 Å². The second kappa shape index (κ2) is 4.24. The fraction of sp³-hybridized carbons (Fsp3) is 0.889. The molecule has 1 aromatic rings. The Kier molecular flexibility index (Phi) is 2.97. The van der Waals surface area contributed by atoms with Gasteiger partial charge in [0, 0.05) is 25.2 Å². The Labute approximate surface area is 89.6 Å². The molecule has 0 amide bonds. The second-order valence-electron chi connectivity index (χ2n) is 4.28. The topological polar surface area (TPSA) is 58.9 Å². The summed E-state index contributed by atoms with van der Waals surface area (Å²) in [6, 6.07) is 1.07. The number of aromatic nitrogens is 4. The molecule has 1 aliphatic rings. The molecule has 1 aliphatic heterocycles. The average Bonchev–Trinajstić information content (AvgIpc) is 2.58. The third-order valence-corrected chi connectivity index (χ3v) is 2.79. The molecule has 15 heavy (non-hydrogen) atoms. The lowest BCUT2D eigenvalue weighted by atomic mass is 10.1. The molecule has 1 aromatic heterocycles. The largest absolute Gasteiger partial charge is 0.311 e. The Balaban J connectivity index is 1.98. The van der Waals surface area contributed by atoms with Crippen LogP contribution in [0, 0.1) is 0 Å². The van der Waals surface area contributed by atoms with Gasteiger partial charge in [-0.2, -0.15) is 4.80 Å². The van der Waals surface area contributed by atoms with Gasteiger partial charge in [0.2, 0.25) is 0 Å². The normalized spacial score (nSPS) is 28.2. The van der Waals surface area contributed by atoms with Crippen molar-refractivity contribution in [1.29, 1.82) is 0 Å². The maximum atomic E-state index is 4.20. The van der Waals surface area contributed by atoms with Gasteiger partial charge in [0.1, 0.15) is 0 Å². The monoisotopic (exact) mass is 210 g/mol. The molecule has 1 fully saturated rings. The zero-order valence-electron chi connectivity index (χ0n) is 9.51. The van der Waals surface area contributed by atoms with Crippen molar-refractivity contribution in [3.63, 3.8) is 0 Å². The molecule has 0 aromatic carbocycles. The first-order valence-electron chi connectivity index (χ1n) is 5.35. The number of nitrogens with one attached hydrogen (secondary N) is 1. The van der Waals surface area contributed by atoms with Gasteiger partial charge in [-0.25, -0.2) is 0 Å². The van der Waals surface area contributed by atoms with Crippen LogP contribution in [-0.2, 0) is 13.6 Å². The van der Waals surface area contributed by atoms with E-state index in [0.29, 0.717) is 12.1 Å². The molecule has 0 radical (unpaired) electrons. The first-order chi connectivity index (χ1) is 7.15. The molecule has 84 valence electrons. The van der Waals surface area contributed by atoms with Gasteiger partial charge >= 0.3 is 0 Å². The van der Waals surface area contributed by atoms with E-state index < -0.39 is 0 Å². The minimum atomic E-state index is 0.532. The fourth-order valence-electron chi connectivity index (χ4n) is 1.89. The Morgan fingerprint density at radius 3 is 2.93 bits per heavy atom. The first-order valence-corrected chi connectivity index (χ1v) is 5.35. The molecule has 6 heteroatoms. The van der Waals surface area contributed by atoms with Gasteiger partial charge in [-0.3, -0.25) is 4.90 Å². The molecule has 2 rings (SSSR count). The maximum absolute atomic E-state index is 4.20. The van der Waals surface area contributed by atoms with Crippen molar-refractivity contribution in [2.45, 2.75) is 32.5 Å². The number of aryl methyl sites for hydroxylation is 1. The van der Waals surface area contributed by atoms with Crippen LogP contribution in [0.2, 0.25) is 0 Å². The number of hydrogen-bond donors (Lipinski definition) is 1. The Morgan fingerprint density at radius 2 is 2.27 bits per heavy atom. The standard InChI is InChI=1S/C9H18N6/c1-7-5-15(8(2)4-10-7)6-9-11-13-14(3)12-9/h7-8,10H,4-6H2,1-3H3. The summed E-state index contributed by atoms with van der Waals surface area (Å²) in [5, 5.41) is 15.5. The summed E-state index contributed by atoms with van der Waals surface area (Å²) in [6.07, 6.45) is 0. The highest BCUT2D eigenvalue weighted by atomic mass is 15.6. The van der Waals surface area contributed by atoms with Crippen LogP contribution in [0.5, 0.6) is 0 Å². The summed E-state index contributed by atoms with van der Waals surface area (Å²) < 4.78 is 0. The van der Waals surface area contributed by atoms with Crippen LogP contribution in [0.1, 0.15) is 19.7 Å².